The summed E-state index contributed by atoms with van der Waals surface area (Å²) in [7, 11) is 0. The second kappa shape index (κ2) is 6.33. The van der Waals surface area contributed by atoms with Crippen LogP contribution in [0.2, 0.25) is 0 Å². The molecule has 1 aliphatic rings. The van der Waals surface area contributed by atoms with E-state index in [0.29, 0.717) is 6.42 Å². The van der Waals surface area contributed by atoms with Crippen LogP contribution in [-0.4, -0.2) is 24.7 Å². The fourth-order valence-electron chi connectivity index (χ4n) is 2.94. The number of rotatable bonds is 4. The lowest BCUT2D eigenvalue weighted by Crippen LogP contribution is -2.51. The predicted octanol–water partition coefficient (Wildman–Crippen LogP) is 2.84. The summed E-state index contributed by atoms with van der Waals surface area (Å²) in [5.74, 6) is -0.110. The van der Waals surface area contributed by atoms with Crippen molar-refractivity contribution in [3.05, 3.63) is 0 Å². The zero-order chi connectivity index (χ0) is 15.6. The second-order valence-electron chi connectivity index (χ2n) is 6.41. The summed E-state index contributed by atoms with van der Waals surface area (Å²) in [6, 6.07) is 0.0827. The van der Waals surface area contributed by atoms with Crippen LogP contribution in [0.5, 0.6) is 0 Å². The van der Waals surface area contributed by atoms with Crippen LogP contribution in [0.1, 0.15) is 46.5 Å². The number of carbonyl (C=O) groups is 1. The molecule has 1 saturated carbocycles. The van der Waals surface area contributed by atoms with E-state index < -0.39 is 12.6 Å². The lowest BCUT2D eigenvalue weighted by Gasteiger charge is -2.46. The number of nitrogens with one attached hydrogen (secondary N) is 1. The fraction of sp³-hybridized carbons (Fsp3) is 0.929. The van der Waals surface area contributed by atoms with Gasteiger partial charge in [-0.2, -0.15) is 13.2 Å². The van der Waals surface area contributed by atoms with E-state index in [9.17, 15) is 18.0 Å². The summed E-state index contributed by atoms with van der Waals surface area (Å²) < 4.78 is 36.1. The van der Waals surface area contributed by atoms with Gasteiger partial charge in [-0.25, -0.2) is 0 Å². The maximum Gasteiger partial charge on any atom is 0.389 e. The largest absolute Gasteiger partial charge is 0.389 e. The van der Waals surface area contributed by atoms with E-state index in [1.807, 2.05) is 20.8 Å². The number of hydrogen-bond donors (Lipinski definition) is 2. The van der Waals surface area contributed by atoms with Gasteiger partial charge in [-0.1, -0.05) is 20.8 Å². The maximum absolute atomic E-state index is 12.2. The Bertz CT molecular complexity index is 342. The van der Waals surface area contributed by atoms with Crippen LogP contribution in [0.15, 0.2) is 0 Å². The van der Waals surface area contributed by atoms with Crippen molar-refractivity contribution in [2.24, 2.45) is 23.0 Å². The van der Waals surface area contributed by atoms with Crippen LogP contribution in [0.4, 0.5) is 13.2 Å². The molecule has 1 amide bonds. The molecule has 3 unspecified atom stereocenters. The molecule has 1 rings (SSSR count). The summed E-state index contributed by atoms with van der Waals surface area (Å²) >= 11 is 0. The minimum absolute atomic E-state index is 0.0720. The van der Waals surface area contributed by atoms with Crippen molar-refractivity contribution in [3.63, 3.8) is 0 Å². The molecule has 0 bridgehead atoms. The predicted molar refractivity (Wildman–Crippen MR) is 71.9 cm³/mol. The number of amides is 1. The van der Waals surface area contributed by atoms with Crippen LogP contribution in [0.3, 0.4) is 0 Å². The van der Waals surface area contributed by atoms with Gasteiger partial charge in [-0.3, -0.25) is 4.79 Å². The van der Waals surface area contributed by atoms with E-state index in [0.717, 1.165) is 6.42 Å². The lowest BCUT2D eigenvalue weighted by atomic mass is 9.61. The Labute approximate surface area is 118 Å². The third kappa shape index (κ3) is 4.36. The van der Waals surface area contributed by atoms with Gasteiger partial charge in [0.05, 0.1) is 0 Å². The van der Waals surface area contributed by atoms with E-state index in [4.69, 9.17) is 5.73 Å². The zero-order valence-corrected chi connectivity index (χ0v) is 12.4. The molecule has 3 N–H and O–H groups in total. The van der Waals surface area contributed by atoms with Crippen molar-refractivity contribution in [1.29, 1.82) is 0 Å². The van der Waals surface area contributed by atoms with Gasteiger partial charge in [0.15, 0.2) is 0 Å². The lowest BCUT2D eigenvalue weighted by molar-refractivity contribution is -0.138. The van der Waals surface area contributed by atoms with Crippen LogP contribution in [-0.2, 0) is 4.79 Å². The van der Waals surface area contributed by atoms with Crippen LogP contribution in [0, 0.1) is 17.3 Å². The van der Waals surface area contributed by atoms with Crippen molar-refractivity contribution in [2.45, 2.75) is 58.7 Å². The van der Waals surface area contributed by atoms with E-state index in [1.54, 1.807) is 0 Å². The third-order valence-corrected chi connectivity index (χ3v) is 4.76. The summed E-state index contributed by atoms with van der Waals surface area (Å²) in [5, 5.41) is 2.64. The number of hydrogen-bond acceptors (Lipinski definition) is 2. The highest BCUT2D eigenvalue weighted by Crippen LogP contribution is 2.44. The van der Waals surface area contributed by atoms with E-state index in [-0.39, 0.29) is 42.2 Å². The third-order valence-electron chi connectivity index (χ3n) is 4.76. The molecule has 0 aromatic carbocycles. The van der Waals surface area contributed by atoms with Gasteiger partial charge < -0.3 is 11.1 Å². The molecule has 3 nitrogen and oxygen atoms in total. The monoisotopic (exact) mass is 294 g/mol. The first kappa shape index (κ1) is 17.3. The Morgan fingerprint density at radius 3 is 2.50 bits per heavy atom. The van der Waals surface area contributed by atoms with Crippen LogP contribution < -0.4 is 11.1 Å². The molecular formula is C14H25F3N2O. The molecule has 1 aliphatic carbocycles. The molecule has 118 valence electrons. The summed E-state index contributed by atoms with van der Waals surface area (Å²) in [6.45, 7) is 6.13. The summed E-state index contributed by atoms with van der Waals surface area (Å²) in [4.78, 5) is 12.2. The first-order valence-electron chi connectivity index (χ1n) is 7.15. The molecule has 6 heteroatoms. The van der Waals surface area contributed by atoms with Gasteiger partial charge in [0.25, 0.3) is 0 Å². The van der Waals surface area contributed by atoms with E-state index >= 15 is 0 Å². The Morgan fingerprint density at radius 1 is 1.35 bits per heavy atom. The Hall–Kier alpha value is -0.780. The first-order valence-corrected chi connectivity index (χ1v) is 7.15. The van der Waals surface area contributed by atoms with Gasteiger partial charge >= 0.3 is 6.18 Å². The zero-order valence-electron chi connectivity index (χ0n) is 12.4. The standard InChI is InChI=1S/C14H25F3N2O/c1-9-11(18)6-5-10(13(9,2)3)12(20)19-8-4-7-14(15,16)17/h9-11H,4-8,18H2,1-3H3,(H,19,20). The average Bonchev–Trinajstić information content (AvgIpc) is 2.30. The van der Waals surface area contributed by atoms with Crippen LogP contribution in [0.25, 0.3) is 0 Å². The van der Waals surface area contributed by atoms with Gasteiger partial charge in [0.2, 0.25) is 5.91 Å². The quantitative estimate of drug-likeness (QED) is 0.783. The topological polar surface area (TPSA) is 55.1 Å². The molecule has 0 heterocycles. The molecule has 0 aliphatic heterocycles. The molecular weight excluding hydrogens is 269 g/mol. The van der Waals surface area contributed by atoms with E-state index in [2.05, 4.69) is 5.32 Å². The molecule has 0 aromatic rings. The van der Waals surface area contributed by atoms with Crippen molar-refractivity contribution in [3.8, 4) is 0 Å². The Balaban J connectivity index is 2.47. The fourth-order valence-corrected chi connectivity index (χ4v) is 2.94. The summed E-state index contributed by atoms with van der Waals surface area (Å²) in [6.07, 6.45) is -3.61. The highest BCUT2D eigenvalue weighted by molar-refractivity contribution is 5.79. The number of alkyl halides is 3. The smallest absolute Gasteiger partial charge is 0.356 e. The SMILES string of the molecule is CC1C(N)CCC(C(=O)NCCCC(F)(F)F)C1(C)C. The minimum Gasteiger partial charge on any atom is -0.356 e. The van der Waals surface area contributed by atoms with E-state index in [1.165, 1.54) is 0 Å². The van der Waals surface area contributed by atoms with Gasteiger partial charge in [-0.05, 0) is 30.6 Å². The Kier molecular flexibility index (Phi) is 5.46. The molecule has 0 aromatic heterocycles. The Morgan fingerprint density at radius 2 is 1.95 bits per heavy atom. The van der Waals surface area contributed by atoms with Gasteiger partial charge in [0, 0.05) is 24.9 Å². The number of nitrogens with two attached hydrogens (primary N) is 1. The molecule has 1 fully saturated rings. The van der Waals surface area contributed by atoms with Crippen molar-refractivity contribution >= 4 is 5.91 Å². The minimum atomic E-state index is -4.16. The highest BCUT2D eigenvalue weighted by atomic mass is 19.4. The number of carbonyl (C=O) groups excluding carboxylic acids is 1. The van der Waals surface area contributed by atoms with Gasteiger partial charge in [0.1, 0.15) is 0 Å². The van der Waals surface area contributed by atoms with Crippen LogP contribution >= 0.6 is 0 Å². The first-order chi connectivity index (χ1) is 9.05. The average molecular weight is 294 g/mol. The highest BCUT2D eigenvalue weighted by Gasteiger charge is 2.44. The molecule has 0 spiro atoms. The molecule has 20 heavy (non-hydrogen) atoms. The van der Waals surface area contributed by atoms with Crippen molar-refractivity contribution < 1.29 is 18.0 Å². The normalized spacial score (nSPS) is 30.1. The summed E-state index contributed by atoms with van der Waals surface area (Å²) in [5.41, 5.74) is 5.80. The molecule has 0 saturated heterocycles. The molecule has 0 radical (unpaired) electrons. The number of halogens is 3. The second-order valence-corrected chi connectivity index (χ2v) is 6.41. The van der Waals surface area contributed by atoms with Gasteiger partial charge in [-0.15, -0.1) is 0 Å². The van der Waals surface area contributed by atoms with Crippen molar-refractivity contribution in [1.82, 2.24) is 5.32 Å². The maximum atomic E-state index is 12.2. The van der Waals surface area contributed by atoms with Crippen molar-refractivity contribution in [2.75, 3.05) is 6.54 Å². The molecule has 3 atom stereocenters.